The highest BCUT2D eigenvalue weighted by atomic mass is 32.2. The van der Waals surface area contributed by atoms with E-state index in [1.165, 1.54) is 17.3 Å². The molecule has 0 saturated carbocycles. The molecule has 1 amide bonds. The highest BCUT2D eigenvalue weighted by molar-refractivity contribution is 7.98. The van der Waals surface area contributed by atoms with Crippen LogP contribution in [0.3, 0.4) is 0 Å². The first kappa shape index (κ1) is 23.7. The Labute approximate surface area is 203 Å². The third-order valence-electron chi connectivity index (χ3n) is 5.45. The molecular weight excluding hydrogens is 446 g/mol. The second-order valence-corrected chi connectivity index (χ2v) is 8.97. The van der Waals surface area contributed by atoms with Crippen molar-refractivity contribution in [3.05, 3.63) is 105 Å². The number of amides is 1. The van der Waals surface area contributed by atoms with E-state index in [4.69, 9.17) is 9.72 Å². The average Bonchev–Trinajstić information content (AvgIpc) is 2.86. The lowest BCUT2D eigenvalue weighted by Crippen LogP contribution is -2.27. The van der Waals surface area contributed by atoms with Crippen LogP contribution in [0.1, 0.15) is 27.0 Å². The molecule has 7 heteroatoms. The molecule has 0 aliphatic carbocycles. The van der Waals surface area contributed by atoms with Crippen LogP contribution < -0.4 is 10.9 Å². The number of ether oxygens (including phenoxy) is 1. The number of carbonyl (C=O) groups excluding carboxylic acids is 1. The zero-order chi connectivity index (χ0) is 23.9. The van der Waals surface area contributed by atoms with E-state index in [0.717, 1.165) is 11.1 Å². The number of carbonyl (C=O) groups is 1. The lowest BCUT2D eigenvalue weighted by molar-refractivity contribution is 0.0937. The Morgan fingerprint density at radius 2 is 1.79 bits per heavy atom. The van der Waals surface area contributed by atoms with Gasteiger partial charge in [-0.05, 0) is 36.2 Å². The molecule has 0 bridgehead atoms. The molecule has 3 aromatic carbocycles. The molecule has 0 atom stereocenters. The predicted octanol–water partition coefficient (Wildman–Crippen LogP) is 4.42. The van der Waals surface area contributed by atoms with Crippen molar-refractivity contribution in [2.45, 2.75) is 24.4 Å². The highest BCUT2D eigenvalue weighted by Gasteiger charge is 2.15. The molecule has 4 rings (SSSR count). The van der Waals surface area contributed by atoms with Gasteiger partial charge in [-0.15, -0.1) is 0 Å². The molecule has 34 heavy (non-hydrogen) atoms. The summed E-state index contributed by atoms with van der Waals surface area (Å²) in [5.74, 6) is 0.465. The predicted molar refractivity (Wildman–Crippen MR) is 136 cm³/mol. The summed E-state index contributed by atoms with van der Waals surface area (Å²) in [6, 6.07) is 23.2. The minimum Gasteiger partial charge on any atom is -0.383 e. The van der Waals surface area contributed by atoms with Gasteiger partial charge in [-0.3, -0.25) is 14.2 Å². The van der Waals surface area contributed by atoms with Crippen molar-refractivity contribution in [2.75, 3.05) is 20.3 Å². The van der Waals surface area contributed by atoms with Crippen molar-refractivity contribution in [2.24, 2.45) is 0 Å². The Balaban J connectivity index is 1.71. The van der Waals surface area contributed by atoms with Crippen LogP contribution in [0.5, 0.6) is 0 Å². The Hall–Kier alpha value is -3.42. The Bertz CT molecular complexity index is 1340. The molecule has 1 heterocycles. The standard InChI is InChI=1S/C27H27N3O3S/c1-19-8-10-21(11-9-19)18-34-27-29-24-16-22(25(31)28-14-15-33-2)12-13-23(24)26(32)30(27)17-20-6-4-3-5-7-20/h3-13,16H,14-15,17-18H2,1-2H3,(H,28,31). The summed E-state index contributed by atoms with van der Waals surface area (Å²) >= 11 is 1.52. The number of aromatic nitrogens is 2. The van der Waals surface area contributed by atoms with E-state index in [0.29, 0.717) is 47.1 Å². The van der Waals surface area contributed by atoms with Crippen LogP contribution in [0, 0.1) is 6.92 Å². The summed E-state index contributed by atoms with van der Waals surface area (Å²) in [5, 5.41) is 3.92. The summed E-state index contributed by atoms with van der Waals surface area (Å²) in [5.41, 5.74) is 4.24. The number of thioether (sulfide) groups is 1. The minimum absolute atomic E-state index is 0.119. The molecule has 6 nitrogen and oxygen atoms in total. The number of benzene rings is 3. The SMILES string of the molecule is COCCNC(=O)c1ccc2c(=O)n(Cc3ccccc3)c(SCc3ccc(C)cc3)nc2c1. The van der Waals surface area contributed by atoms with Crippen LogP contribution in [0.25, 0.3) is 10.9 Å². The average molecular weight is 474 g/mol. The van der Waals surface area contributed by atoms with Gasteiger partial charge in [0.15, 0.2) is 5.16 Å². The van der Waals surface area contributed by atoms with Crippen LogP contribution in [0.15, 0.2) is 82.7 Å². The number of nitrogens with one attached hydrogen (secondary N) is 1. The Kier molecular flexibility index (Phi) is 7.77. The molecule has 0 aliphatic rings. The molecular formula is C27H27N3O3S. The molecule has 0 aliphatic heterocycles. The van der Waals surface area contributed by atoms with Gasteiger partial charge in [0, 0.05) is 25.0 Å². The van der Waals surface area contributed by atoms with E-state index in [-0.39, 0.29) is 11.5 Å². The largest absolute Gasteiger partial charge is 0.383 e. The fourth-order valence-corrected chi connectivity index (χ4v) is 4.51. The van der Waals surface area contributed by atoms with E-state index < -0.39 is 0 Å². The number of fused-ring (bicyclic) bond motifs is 1. The fourth-order valence-electron chi connectivity index (χ4n) is 3.56. The maximum Gasteiger partial charge on any atom is 0.262 e. The molecule has 0 spiro atoms. The third kappa shape index (κ3) is 5.73. The van der Waals surface area contributed by atoms with Crippen molar-refractivity contribution in [1.82, 2.24) is 14.9 Å². The molecule has 4 aromatic rings. The fraction of sp³-hybridized carbons (Fsp3) is 0.222. The van der Waals surface area contributed by atoms with Crippen molar-refractivity contribution in [3.8, 4) is 0 Å². The van der Waals surface area contributed by atoms with Crippen molar-refractivity contribution in [3.63, 3.8) is 0 Å². The minimum atomic E-state index is -0.219. The van der Waals surface area contributed by atoms with Crippen molar-refractivity contribution in [1.29, 1.82) is 0 Å². The lowest BCUT2D eigenvalue weighted by Gasteiger charge is -2.14. The van der Waals surface area contributed by atoms with Crippen LogP contribution in [0.4, 0.5) is 0 Å². The van der Waals surface area contributed by atoms with E-state index in [1.807, 2.05) is 30.3 Å². The Morgan fingerprint density at radius 3 is 2.53 bits per heavy atom. The van der Waals surface area contributed by atoms with E-state index in [9.17, 15) is 9.59 Å². The number of methoxy groups -OCH3 is 1. The summed E-state index contributed by atoms with van der Waals surface area (Å²) in [6.45, 7) is 3.33. The van der Waals surface area contributed by atoms with E-state index in [2.05, 4.69) is 36.5 Å². The topological polar surface area (TPSA) is 73.2 Å². The second-order valence-electron chi connectivity index (χ2n) is 8.03. The van der Waals surface area contributed by atoms with Crippen LogP contribution in [-0.2, 0) is 17.0 Å². The van der Waals surface area contributed by atoms with Crippen LogP contribution in [-0.4, -0.2) is 35.7 Å². The quantitative estimate of drug-likeness (QED) is 0.221. The molecule has 1 N–H and O–H groups in total. The molecule has 174 valence electrons. The van der Waals surface area contributed by atoms with E-state index in [1.54, 1.807) is 29.9 Å². The normalized spacial score (nSPS) is 11.0. The van der Waals surface area contributed by atoms with Crippen LogP contribution in [0.2, 0.25) is 0 Å². The number of aryl methyl sites for hydroxylation is 1. The Morgan fingerprint density at radius 1 is 1.03 bits per heavy atom. The van der Waals surface area contributed by atoms with Gasteiger partial charge in [0.1, 0.15) is 0 Å². The summed E-state index contributed by atoms with van der Waals surface area (Å²) in [4.78, 5) is 30.8. The molecule has 0 fully saturated rings. The first-order valence-corrected chi connectivity index (χ1v) is 12.1. The summed E-state index contributed by atoms with van der Waals surface area (Å²) in [6.07, 6.45) is 0. The van der Waals surface area contributed by atoms with Gasteiger partial charge in [0.05, 0.1) is 24.1 Å². The van der Waals surface area contributed by atoms with Crippen LogP contribution >= 0.6 is 11.8 Å². The molecule has 0 unspecified atom stereocenters. The van der Waals surface area contributed by atoms with Crippen molar-refractivity contribution < 1.29 is 9.53 Å². The van der Waals surface area contributed by atoms with Crippen molar-refractivity contribution >= 4 is 28.6 Å². The van der Waals surface area contributed by atoms with Gasteiger partial charge in [0.2, 0.25) is 0 Å². The molecule has 0 saturated heterocycles. The smallest absolute Gasteiger partial charge is 0.262 e. The first-order chi connectivity index (χ1) is 16.5. The lowest BCUT2D eigenvalue weighted by atomic mass is 10.1. The maximum atomic E-state index is 13.5. The zero-order valence-electron chi connectivity index (χ0n) is 19.3. The van der Waals surface area contributed by atoms with Gasteiger partial charge < -0.3 is 10.1 Å². The van der Waals surface area contributed by atoms with Gasteiger partial charge in [-0.2, -0.15) is 0 Å². The number of rotatable bonds is 9. The summed E-state index contributed by atoms with van der Waals surface area (Å²) < 4.78 is 6.70. The number of hydrogen-bond acceptors (Lipinski definition) is 5. The maximum absolute atomic E-state index is 13.5. The van der Waals surface area contributed by atoms with Gasteiger partial charge >= 0.3 is 0 Å². The summed E-state index contributed by atoms with van der Waals surface area (Å²) in [7, 11) is 1.59. The van der Waals surface area contributed by atoms with E-state index >= 15 is 0 Å². The monoisotopic (exact) mass is 473 g/mol. The first-order valence-electron chi connectivity index (χ1n) is 11.1. The highest BCUT2D eigenvalue weighted by Crippen LogP contribution is 2.24. The number of hydrogen-bond donors (Lipinski definition) is 1. The molecule has 1 aromatic heterocycles. The molecule has 0 radical (unpaired) electrons. The van der Waals surface area contributed by atoms with Gasteiger partial charge in [-0.1, -0.05) is 71.9 Å². The second kappa shape index (κ2) is 11.1. The number of nitrogens with zero attached hydrogens (tertiary/aromatic N) is 2. The van der Waals surface area contributed by atoms with Gasteiger partial charge in [0.25, 0.3) is 11.5 Å². The third-order valence-corrected chi connectivity index (χ3v) is 6.49. The van der Waals surface area contributed by atoms with Gasteiger partial charge in [-0.25, -0.2) is 4.98 Å². The zero-order valence-corrected chi connectivity index (χ0v) is 20.1.